The first-order valence-electron chi connectivity index (χ1n) is 7.87. The van der Waals surface area contributed by atoms with Crippen LogP contribution in [0, 0.1) is 10.1 Å². The van der Waals surface area contributed by atoms with Crippen molar-refractivity contribution in [1.82, 2.24) is 19.7 Å². The summed E-state index contributed by atoms with van der Waals surface area (Å²) in [4.78, 5) is 14.4. The molecule has 0 atom stereocenters. The number of benzene rings is 1. The Morgan fingerprint density at radius 1 is 1.15 bits per heavy atom. The lowest BCUT2D eigenvalue weighted by molar-refractivity contribution is -0.384. The number of nitro groups is 1. The summed E-state index contributed by atoms with van der Waals surface area (Å²) < 4.78 is 7.21. The van der Waals surface area contributed by atoms with Gasteiger partial charge in [-0.1, -0.05) is 23.9 Å². The fourth-order valence-electron chi connectivity index (χ4n) is 2.36. The topological polar surface area (TPSA) is 96.0 Å². The van der Waals surface area contributed by atoms with Crippen molar-refractivity contribution >= 4 is 17.4 Å². The molecule has 0 unspecified atom stereocenters. The Kier molecular flexibility index (Phi) is 5.92. The maximum Gasteiger partial charge on any atom is 0.269 e. The van der Waals surface area contributed by atoms with Crippen LogP contribution in [-0.4, -0.2) is 38.4 Å². The van der Waals surface area contributed by atoms with Gasteiger partial charge >= 0.3 is 0 Å². The second kappa shape index (κ2) is 8.54. The third kappa shape index (κ3) is 4.24. The average Bonchev–Trinajstić information content (AvgIpc) is 3.08. The molecule has 8 nitrogen and oxygen atoms in total. The second-order valence-electron chi connectivity index (χ2n) is 5.40. The van der Waals surface area contributed by atoms with Gasteiger partial charge in [-0.25, -0.2) is 0 Å². The third-order valence-corrected chi connectivity index (χ3v) is 4.73. The maximum atomic E-state index is 10.7. The van der Waals surface area contributed by atoms with E-state index < -0.39 is 4.92 Å². The van der Waals surface area contributed by atoms with Gasteiger partial charge in [0.15, 0.2) is 11.0 Å². The number of hydrogen-bond donors (Lipinski definition) is 0. The van der Waals surface area contributed by atoms with Gasteiger partial charge in [0.1, 0.15) is 0 Å². The summed E-state index contributed by atoms with van der Waals surface area (Å²) in [5.41, 5.74) is 2.00. The Morgan fingerprint density at radius 3 is 2.54 bits per heavy atom. The molecule has 3 rings (SSSR count). The zero-order valence-corrected chi connectivity index (χ0v) is 14.9. The standard InChI is InChI=1S/C17H17N5O3S/c1-25-11-10-21-16(14-6-8-18-9-7-14)19-20-17(21)26-12-13-2-4-15(5-3-13)22(23)24/h2-9H,10-12H2,1H3. The summed E-state index contributed by atoms with van der Waals surface area (Å²) in [6.45, 7) is 1.17. The van der Waals surface area contributed by atoms with Crippen LogP contribution in [0.3, 0.4) is 0 Å². The molecule has 2 aromatic heterocycles. The first kappa shape index (κ1) is 18.0. The Hall–Kier alpha value is -2.78. The summed E-state index contributed by atoms with van der Waals surface area (Å²) in [6.07, 6.45) is 3.43. The molecule has 0 N–H and O–H groups in total. The van der Waals surface area contributed by atoms with Crippen LogP contribution in [-0.2, 0) is 17.0 Å². The van der Waals surface area contributed by atoms with Gasteiger partial charge in [0.05, 0.1) is 18.1 Å². The van der Waals surface area contributed by atoms with Crippen molar-refractivity contribution in [1.29, 1.82) is 0 Å². The van der Waals surface area contributed by atoms with Gasteiger partial charge in [0.2, 0.25) is 0 Å². The predicted octanol–water partition coefficient (Wildman–Crippen LogP) is 3.19. The third-order valence-electron chi connectivity index (χ3n) is 3.69. The zero-order valence-electron chi connectivity index (χ0n) is 14.1. The maximum absolute atomic E-state index is 10.7. The van der Waals surface area contributed by atoms with Gasteiger partial charge in [-0.15, -0.1) is 10.2 Å². The van der Waals surface area contributed by atoms with Crippen molar-refractivity contribution in [3.05, 3.63) is 64.5 Å². The number of thioether (sulfide) groups is 1. The summed E-state index contributed by atoms with van der Waals surface area (Å²) in [5.74, 6) is 1.40. The average molecular weight is 371 g/mol. The van der Waals surface area contributed by atoms with E-state index in [0.717, 1.165) is 22.1 Å². The van der Waals surface area contributed by atoms with Crippen LogP contribution >= 0.6 is 11.8 Å². The molecule has 3 aromatic rings. The molecule has 0 aliphatic heterocycles. The molecular weight excluding hydrogens is 354 g/mol. The van der Waals surface area contributed by atoms with Crippen LogP contribution in [0.15, 0.2) is 53.9 Å². The first-order chi connectivity index (χ1) is 12.7. The number of pyridine rings is 1. The van der Waals surface area contributed by atoms with Crippen molar-refractivity contribution in [3.63, 3.8) is 0 Å². The fraction of sp³-hybridized carbons (Fsp3) is 0.235. The number of nitro benzene ring substituents is 1. The molecule has 0 radical (unpaired) electrons. The number of ether oxygens (including phenoxy) is 1. The minimum Gasteiger partial charge on any atom is -0.383 e. The van der Waals surface area contributed by atoms with Crippen molar-refractivity contribution in [3.8, 4) is 11.4 Å². The number of aromatic nitrogens is 4. The smallest absolute Gasteiger partial charge is 0.269 e. The normalized spacial score (nSPS) is 10.8. The van der Waals surface area contributed by atoms with Crippen LogP contribution in [0.2, 0.25) is 0 Å². The number of non-ortho nitro benzene ring substituents is 1. The lowest BCUT2D eigenvalue weighted by atomic mass is 10.2. The van der Waals surface area contributed by atoms with E-state index in [-0.39, 0.29) is 5.69 Å². The largest absolute Gasteiger partial charge is 0.383 e. The molecule has 0 saturated carbocycles. The molecule has 0 saturated heterocycles. The van der Waals surface area contributed by atoms with E-state index in [1.165, 1.54) is 23.9 Å². The number of rotatable bonds is 8. The lowest BCUT2D eigenvalue weighted by Crippen LogP contribution is -2.07. The van der Waals surface area contributed by atoms with Gasteiger partial charge in [-0.05, 0) is 17.7 Å². The molecule has 0 aliphatic carbocycles. The molecular formula is C17H17N5O3S. The minimum atomic E-state index is -0.403. The molecule has 0 aliphatic rings. The second-order valence-corrected chi connectivity index (χ2v) is 6.34. The van der Waals surface area contributed by atoms with Crippen LogP contribution in [0.1, 0.15) is 5.56 Å². The molecule has 0 spiro atoms. The molecule has 134 valence electrons. The molecule has 26 heavy (non-hydrogen) atoms. The number of hydrogen-bond acceptors (Lipinski definition) is 7. The quantitative estimate of drug-likeness (QED) is 0.341. The van der Waals surface area contributed by atoms with E-state index in [0.29, 0.717) is 18.9 Å². The summed E-state index contributed by atoms with van der Waals surface area (Å²) >= 11 is 1.53. The Labute approximate surface area is 154 Å². The molecule has 9 heteroatoms. The number of nitrogens with zero attached hydrogens (tertiary/aromatic N) is 5. The first-order valence-corrected chi connectivity index (χ1v) is 8.86. The SMILES string of the molecule is COCCn1c(SCc2ccc([N+](=O)[O-])cc2)nnc1-c1ccncc1. The van der Waals surface area contributed by atoms with E-state index in [1.54, 1.807) is 31.6 Å². The lowest BCUT2D eigenvalue weighted by Gasteiger charge is -2.09. The van der Waals surface area contributed by atoms with E-state index in [9.17, 15) is 10.1 Å². The van der Waals surface area contributed by atoms with Crippen molar-refractivity contribution < 1.29 is 9.66 Å². The molecule has 2 heterocycles. The number of methoxy groups -OCH3 is 1. The summed E-state index contributed by atoms with van der Waals surface area (Å²) in [5, 5.41) is 20.1. The van der Waals surface area contributed by atoms with Crippen LogP contribution in [0.4, 0.5) is 5.69 Å². The molecule has 0 amide bonds. The van der Waals surface area contributed by atoms with E-state index in [1.807, 2.05) is 16.7 Å². The fourth-order valence-corrected chi connectivity index (χ4v) is 3.28. The van der Waals surface area contributed by atoms with Crippen LogP contribution < -0.4 is 0 Å². The van der Waals surface area contributed by atoms with Gasteiger partial charge in [-0.2, -0.15) is 0 Å². The summed E-state index contributed by atoms with van der Waals surface area (Å²) in [7, 11) is 1.65. The Balaban J connectivity index is 1.78. The molecule has 0 fully saturated rings. The van der Waals surface area contributed by atoms with Gasteiger partial charge in [0.25, 0.3) is 5.69 Å². The zero-order chi connectivity index (χ0) is 18.4. The van der Waals surface area contributed by atoms with Crippen molar-refractivity contribution in [2.45, 2.75) is 17.5 Å². The van der Waals surface area contributed by atoms with E-state index in [2.05, 4.69) is 15.2 Å². The predicted molar refractivity (Wildman–Crippen MR) is 97.8 cm³/mol. The van der Waals surface area contributed by atoms with E-state index in [4.69, 9.17) is 4.74 Å². The Morgan fingerprint density at radius 2 is 1.88 bits per heavy atom. The van der Waals surface area contributed by atoms with Gasteiger partial charge in [0, 0.05) is 43.0 Å². The van der Waals surface area contributed by atoms with Gasteiger partial charge in [-0.3, -0.25) is 19.7 Å². The van der Waals surface area contributed by atoms with Crippen molar-refractivity contribution in [2.75, 3.05) is 13.7 Å². The monoisotopic (exact) mass is 371 g/mol. The highest BCUT2D eigenvalue weighted by Crippen LogP contribution is 2.26. The van der Waals surface area contributed by atoms with Crippen LogP contribution in [0.25, 0.3) is 11.4 Å². The molecule has 1 aromatic carbocycles. The van der Waals surface area contributed by atoms with E-state index >= 15 is 0 Å². The van der Waals surface area contributed by atoms with Crippen LogP contribution in [0.5, 0.6) is 0 Å². The molecule has 0 bridgehead atoms. The highest BCUT2D eigenvalue weighted by atomic mass is 32.2. The highest BCUT2D eigenvalue weighted by Gasteiger charge is 2.14. The minimum absolute atomic E-state index is 0.0852. The summed E-state index contributed by atoms with van der Waals surface area (Å²) in [6, 6.07) is 10.3. The Bertz CT molecular complexity index is 868. The van der Waals surface area contributed by atoms with Crippen molar-refractivity contribution in [2.24, 2.45) is 0 Å². The van der Waals surface area contributed by atoms with Gasteiger partial charge < -0.3 is 4.74 Å². The highest BCUT2D eigenvalue weighted by molar-refractivity contribution is 7.98.